The van der Waals surface area contributed by atoms with Crippen LogP contribution in [0.5, 0.6) is 0 Å². The van der Waals surface area contributed by atoms with Crippen molar-refractivity contribution in [3.63, 3.8) is 0 Å². The van der Waals surface area contributed by atoms with Gasteiger partial charge in [0, 0.05) is 6.42 Å². The Kier molecular flexibility index (Phi) is 3.18. The zero-order valence-electron chi connectivity index (χ0n) is 8.89. The molecule has 0 radical (unpaired) electrons. The van der Waals surface area contributed by atoms with Crippen molar-refractivity contribution >= 4 is 11.9 Å². The molecule has 0 unspecified atom stereocenters. The smallest absolute Gasteiger partial charge is 0.354 e. The molecule has 0 amide bonds. The Morgan fingerprint density at radius 1 is 1.41 bits per heavy atom. The number of nitrogens with zero attached hydrogens (tertiary/aromatic N) is 1. The van der Waals surface area contributed by atoms with Crippen molar-refractivity contribution in [3.8, 4) is 0 Å². The van der Waals surface area contributed by atoms with Crippen LogP contribution in [0, 0.1) is 5.82 Å². The maximum Gasteiger partial charge on any atom is 0.354 e. The lowest BCUT2D eigenvalue weighted by Crippen LogP contribution is -2.10. The van der Waals surface area contributed by atoms with Gasteiger partial charge in [-0.15, -0.1) is 0 Å². The first-order valence-electron chi connectivity index (χ1n) is 5.08. The van der Waals surface area contributed by atoms with Gasteiger partial charge in [-0.3, -0.25) is 0 Å². The molecule has 0 saturated heterocycles. The van der Waals surface area contributed by atoms with Gasteiger partial charge in [0.2, 0.25) is 5.90 Å². The summed E-state index contributed by atoms with van der Waals surface area (Å²) < 4.78 is 18.8. The van der Waals surface area contributed by atoms with Crippen molar-refractivity contribution in [2.24, 2.45) is 4.99 Å². The summed E-state index contributed by atoms with van der Waals surface area (Å²) in [6, 6.07) is 5.96. The fourth-order valence-corrected chi connectivity index (χ4v) is 1.45. The molecule has 5 heteroatoms. The second kappa shape index (κ2) is 4.78. The highest BCUT2D eigenvalue weighted by atomic mass is 19.1. The van der Waals surface area contributed by atoms with Crippen molar-refractivity contribution in [2.75, 3.05) is 6.61 Å². The summed E-state index contributed by atoms with van der Waals surface area (Å²) in [7, 11) is 0. The average Bonchev–Trinajstić information content (AvgIpc) is 2.55. The minimum absolute atomic E-state index is 0.00856. The van der Waals surface area contributed by atoms with Gasteiger partial charge in [0.1, 0.15) is 11.5 Å². The zero-order chi connectivity index (χ0) is 12.3. The lowest BCUT2D eigenvalue weighted by molar-refractivity contribution is -0.132. The number of carbonyl (C=O) groups is 1. The molecular weight excluding hydrogens is 225 g/mol. The molecule has 1 aliphatic rings. The Morgan fingerprint density at radius 3 is 2.88 bits per heavy atom. The number of aliphatic carboxylic acids is 1. The zero-order valence-corrected chi connectivity index (χ0v) is 8.89. The topological polar surface area (TPSA) is 58.9 Å². The molecule has 0 atom stereocenters. The molecule has 1 aromatic rings. The fraction of sp³-hybridized carbons (Fsp3) is 0.167. The standard InChI is InChI=1S/C12H10FNO3/c13-9-5-2-1-4-8(9)11-14-10(12(15)16)6-3-7-17-11/h1-2,4-6H,3,7H2,(H,15,16). The van der Waals surface area contributed by atoms with Gasteiger partial charge in [0.25, 0.3) is 0 Å². The van der Waals surface area contributed by atoms with Crippen molar-refractivity contribution in [1.29, 1.82) is 0 Å². The summed E-state index contributed by atoms with van der Waals surface area (Å²) >= 11 is 0. The highest BCUT2D eigenvalue weighted by molar-refractivity contribution is 5.99. The van der Waals surface area contributed by atoms with Crippen LogP contribution in [0.1, 0.15) is 12.0 Å². The van der Waals surface area contributed by atoms with Gasteiger partial charge in [-0.05, 0) is 18.2 Å². The molecule has 0 saturated carbocycles. The van der Waals surface area contributed by atoms with Crippen molar-refractivity contribution < 1.29 is 19.0 Å². The maximum absolute atomic E-state index is 13.5. The first-order chi connectivity index (χ1) is 8.18. The SMILES string of the molecule is O=C(O)C1=CCCOC(c2ccccc2F)=N1. The van der Waals surface area contributed by atoms with E-state index >= 15 is 0 Å². The van der Waals surface area contributed by atoms with E-state index < -0.39 is 11.8 Å². The second-order valence-corrected chi connectivity index (χ2v) is 3.43. The molecule has 1 N–H and O–H groups in total. The lowest BCUT2D eigenvalue weighted by atomic mass is 10.2. The van der Waals surface area contributed by atoms with Crippen LogP contribution in [0.4, 0.5) is 4.39 Å². The molecule has 17 heavy (non-hydrogen) atoms. The first-order valence-corrected chi connectivity index (χ1v) is 5.08. The van der Waals surface area contributed by atoms with Crippen LogP contribution < -0.4 is 0 Å². The minimum Gasteiger partial charge on any atom is -0.477 e. The van der Waals surface area contributed by atoms with E-state index in [2.05, 4.69) is 4.99 Å². The van der Waals surface area contributed by atoms with Gasteiger partial charge in [0.05, 0.1) is 12.2 Å². The van der Waals surface area contributed by atoms with Crippen LogP contribution in [-0.2, 0) is 9.53 Å². The maximum atomic E-state index is 13.5. The highest BCUT2D eigenvalue weighted by Gasteiger charge is 2.16. The number of benzene rings is 1. The number of hydrogen-bond donors (Lipinski definition) is 1. The second-order valence-electron chi connectivity index (χ2n) is 3.43. The number of rotatable bonds is 2. The monoisotopic (exact) mass is 235 g/mol. The van der Waals surface area contributed by atoms with E-state index in [9.17, 15) is 9.18 Å². The Morgan fingerprint density at radius 2 is 2.18 bits per heavy atom. The number of carboxylic acids is 1. The third kappa shape index (κ3) is 2.50. The molecule has 2 rings (SSSR count). The number of ether oxygens (including phenoxy) is 1. The van der Waals surface area contributed by atoms with Gasteiger partial charge < -0.3 is 9.84 Å². The van der Waals surface area contributed by atoms with Crippen molar-refractivity contribution in [3.05, 3.63) is 47.4 Å². The van der Waals surface area contributed by atoms with E-state index in [0.717, 1.165) is 0 Å². The van der Waals surface area contributed by atoms with Crippen LogP contribution >= 0.6 is 0 Å². The molecule has 0 aliphatic carbocycles. The lowest BCUT2D eigenvalue weighted by Gasteiger charge is -2.07. The quantitative estimate of drug-likeness (QED) is 0.852. The third-order valence-electron chi connectivity index (χ3n) is 2.24. The normalized spacial score (nSPS) is 15.4. The Hall–Kier alpha value is -2.17. The molecule has 1 heterocycles. The van der Waals surface area contributed by atoms with E-state index in [4.69, 9.17) is 9.84 Å². The minimum atomic E-state index is -1.15. The molecular formula is C12H10FNO3. The van der Waals surface area contributed by atoms with Crippen LogP contribution in [0.25, 0.3) is 0 Å². The van der Waals surface area contributed by atoms with E-state index in [-0.39, 0.29) is 23.8 Å². The molecule has 0 spiro atoms. The predicted octanol–water partition coefficient (Wildman–Crippen LogP) is 1.96. The average molecular weight is 235 g/mol. The summed E-state index contributed by atoms with van der Waals surface area (Å²) in [5.41, 5.74) is 0.0438. The molecule has 0 fully saturated rings. The van der Waals surface area contributed by atoms with Gasteiger partial charge in [-0.2, -0.15) is 0 Å². The molecule has 1 aromatic carbocycles. The molecule has 4 nitrogen and oxygen atoms in total. The fourth-order valence-electron chi connectivity index (χ4n) is 1.45. The Labute approximate surface area is 97.1 Å². The first kappa shape index (κ1) is 11.3. The van der Waals surface area contributed by atoms with Gasteiger partial charge in [-0.25, -0.2) is 14.2 Å². The van der Waals surface area contributed by atoms with E-state index in [1.54, 1.807) is 12.1 Å². The van der Waals surface area contributed by atoms with E-state index in [1.165, 1.54) is 18.2 Å². The Balaban J connectivity index is 2.41. The van der Waals surface area contributed by atoms with E-state index in [1.807, 2.05) is 0 Å². The summed E-state index contributed by atoms with van der Waals surface area (Å²) in [6.45, 7) is 0.282. The largest absolute Gasteiger partial charge is 0.477 e. The van der Waals surface area contributed by atoms with Crippen LogP contribution in [-0.4, -0.2) is 23.6 Å². The number of carboxylic acid groups (broad SMARTS) is 1. The van der Waals surface area contributed by atoms with E-state index in [0.29, 0.717) is 6.42 Å². The molecule has 0 bridgehead atoms. The number of hydrogen-bond acceptors (Lipinski definition) is 3. The Bertz CT molecular complexity index is 508. The highest BCUT2D eigenvalue weighted by Crippen LogP contribution is 2.14. The van der Waals surface area contributed by atoms with Crippen LogP contribution in [0.3, 0.4) is 0 Å². The van der Waals surface area contributed by atoms with Crippen LogP contribution in [0.2, 0.25) is 0 Å². The van der Waals surface area contributed by atoms with Crippen molar-refractivity contribution in [2.45, 2.75) is 6.42 Å². The molecule has 88 valence electrons. The molecule has 1 aliphatic heterocycles. The summed E-state index contributed by atoms with van der Waals surface area (Å²) in [4.78, 5) is 14.7. The summed E-state index contributed by atoms with van der Waals surface area (Å²) in [5, 5.41) is 8.87. The van der Waals surface area contributed by atoms with Crippen LogP contribution in [0.15, 0.2) is 41.0 Å². The van der Waals surface area contributed by atoms with Crippen molar-refractivity contribution in [1.82, 2.24) is 0 Å². The summed E-state index contributed by atoms with van der Waals surface area (Å²) in [6.07, 6.45) is 1.89. The predicted molar refractivity (Wildman–Crippen MR) is 59.2 cm³/mol. The third-order valence-corrected chi connectivity index (χ3v) is 2.24. The molecule has 0 aromatic heterocycles. The number of halogens is 1. The van der Waals surface area contributed by atoms with Gasteiger partial charge in [-0.1, -0.05) is 12.1 Å². The van der Waals surface area contributed by atoms with Gasteiger partial charge in [0.15, 0.2) is 0 Å². The summed E-state index contributed by atoms with van der Waals surface area (Å²) in [5.74, 6) is -1.63. The van der Waals surface area contributed by atoms with Gasteiger partial charge >= 0.3 is 5.97 Å². The number of aliphatic imine (C=N–C) groups is 1.